The molecule has 0 saturated carbocycles. The molecular weight excluding hydrogens is 294 g/mol. The van der Waals surface area contributed by atoms with Gasteiger partial charge in [0.2, 0.25) is 0 Å². The number of amides is 1. The molecule has 0 bridgehead atoms. The second-order valence-electron chi connectivity index (χ2n) is 5.07. The minimum atomic E-state index is -0.830. The second-order valence-corrected chi connectivity index (χ2v) is 5.07. The number of nitrogens with two attached hydrogens (primary N) is 2. The Morgan fingerprint density at radius 3 is 2.55 bits per heavy atom. The smallest absolute Gasteiger partial charge is 0.271 e. The molecule has 1 heterocycles. The molecule has 1 aliphatic heterocycles. The first-order chi connectivity index (χ1) is 10.3. The van der Waals surface area contributed by atoms with Crippen molar-refractivity contribution in [3.8, 4) is 0 Å². The Kier molecular flexibility index (Phi) is 4.39. The van der Waals surface area contributed by atoms with Crippen LogP contribution in [0.2, 0.25) is 0 Å². The molecule has 0 aliphatic carbocycles. The first-order valence-electron chi connectivity index (χ1n) is 6.71. The quantitative estimate of drug-likeness (QED) is 0.491. The van der Waals surface area contributed by atoms with Crippen molar-refractivity contribution in [2.75, 3.05) is 11.4 Å². The van der Waals surface area contributed by atoms with Crippen molar-refractivity contribution in [3.05, 3.63) is 29.3 Å². The molecule has 0 radical (unpaired) electrons. The molecular formula is C14H16F2N4O2. The van der Waals surface area contributed by atoms with Crippen molar-refractivity contribution < 1.29 is 18.4 Å². The Hall–Kier alpha value is -2.51. The number of hydrogen-bond acceptors (Lipinski definition) is 3. The predicted octanol–water partition coefficient (Wildman–Crippen LogP) is 0.936. The number of anilines is 1. The molecule has 1 aliphatic rings. The van der Waals surface area contributed by atoms with E-state index in [0.29, 0.717) is 19.4 Å². The molecule has 1 fully saturated rings. The monoisotopic (exact) mass is 310 g/mol. The maximum absolute atomic E-state index is 14.2. The minimum absolute atomic E-state index is 0.0795. The zero-order valence-electron chi connectivity index (χ0n) is 12.0. The Balaban J connectivity index is 2.38. The fraction of sp³-hybridized carbons (Fsp3) is 0.357. The van der Waals surface area contributed by atoms with Gasteiger partial charge in [-0.1, -0.05) is 0 Å². The Morgan fingerprint density at radius 1 is 1.27 bits per heavy atom. The average molecular weight is 310 g/mol. The van der Waals surface area contributed by atoms with Crippen LogP contribution in [0.4, 0.5) is 14.5 Å². The van der Waals surface area contributed by atoms with E-state index in [-0.39, 0.29) is 17.2 Å². The lowest BCUT2D eigenvalue weighted by Gasteiger charge is -2.25. The van der Waals surface area contributed by atoms with E-state index in [1.807, 2.05) is 0 Å². The van der Waals surface area contributed by atoms with Crippen LogP contribution in [0, 0.1) is 11.6 Å². The fourth-order valence-electron chi connectivity index (χ4n) is 2.54. The molecule has 1 amide bonds. The Morgan fingerprint density at radius 2 is 1.95 bits per heavy atom. The molecule has 8 heteroatoms. The van der Waals surface area contributed by atoms with Gasteiger partial charge in [-0.15, -0.1) is 0 Å². The van der Waals surface area contributed by atoms with Crippen LogP contribution >= 0.6 is 0 Å². The van der Waals surface area contributed by atoms with Crippen molar-refractivity contribution in [1.82, 2.24) is 0 Å². The van der Waals surface area contributed by atoms with Crippen molar-refractivity contribution in [3.63, 3.8) is 0 Å². The summed E-state index contributed by atoms with van der Waals surface area (Å²) < 4.78 is 28.1. The number of benzene rings is 1. The predicted molar refractivity (Wildman–Crippen MR) is 77.5 cm³/mol. The van der Waals surface area contributed by atoms with Crippen LogP contribution in [0.5, 0.6) is 0 Å². The van der Waals surface area contributed by atoms with Crippen molar-refractivity contribution in [1.29, 1.82) is 0 Å². The SMILES string of the molecule is CC(=O)c1cc(F)c(N2CCCC2C(=O)N=C(N)N)cc1F. The molecule has 1 saturated heterocycles. The van der Waals surface area contributed by atoms with Gasteiger partial charge in [0.15, 0.2) is 11.7 Å². The van der Waals surface area contributed by atoms with E-state index in [4.69, 9.17) is 11.5 Å². The molecule has 1 unspecified atom stereocenters. The normalized spacial score (nSPS) is 17.4. The topological polar surface area (TPSA) is 102 Å². The lowest BCUT2D eigenvalue weighted by molar-refractivity contribution is -0.118. The van der Waals surface area contributed by atoms with E-state index >= 15 is 0 Å². The van der Waals surface area contributed by atoms with E-state index < -0.39 is 29.4 Å². The standard InChI is InChI=1S/C14H16F2N4O2/c1-7(21)8-5-10(16)12(6-9(8)15)20-4-2-3-11(20)13(22)19-14(17)18/h5-6,11H,2-4H2,1H3,(H4,17,18,19,22). The number of aliphatic imine (C=N–C) groups is 1. The zero-order valence-corrected chi connectivity index (χ0v) is 12.0. The highest BCUT2D eigenvalue weighted by Crippen LogP contribution is 2.30. The molecule has 1 atom stereocenters. The number of rotatable bonds is 3. The molecule has 0 spiro atoms. The highest BCUT2D eigenvalue weighted by atomic mass is 19.1. The first kappa shape index (κ1) is 15.9. The van der Waals surface area contributed by atoms with Crippen LogP contribution in [-0.4, -0.2) is 30.2 Å². The second kappa shape index (κ2) is 6.08. The highest BCUT2D eigenvalue weighted by Gasteiger charge is 2.33. The summed E-state index contributed by atoms with van der Waals surface area (Å²) in [4.78, 5) is 28.0. The zero-order chi connectivity index (χ0) is 16.4. The van der Waals surface area contributed by atoms with Crippen LogP contribution in [0.1, 0.15) is 30.1 Å². The van der Waals surface area contributed by atoms with E-state index in [2.05, 4.69) is 4.99 Å². The van der Waals surface area contributed by atoms with Crippen LogP contribution in [-0.2, 0) is 4.79 Å². The third kappa shape index (κ3) is 3.05. The summed E-state index contributed by atoms with van der Waals surface area (Å²) >= 11 is 0. The third-order valence-corrected chi connectivity index (χ3v) is 3.50. The van der Waals surface area contributed by atoms with Crippen LogP contribution in [0.3, 0.4) is 0 Å². The number of hydrogen-bond donors (Lipinski definition) is 2. The number of nitrogens with zero attached hydrogens (tertiary/aromatic N) is 2. The summed E-state index contributed by atoms with van der Waals surface area (Å²) in [5.41, 5.74) is 9.93. The van der Waals surface area contributed by atoms with Gasteiger partial charge in [0.25, 0.3) is 5.91 Å². The first-order valence-corrected chi connectivity index (χ1v) is 6.71. The minimum Gasteiger partial charge on any atom is -0.370 e. The number of Topliss-reactive ketones (excluding diaryl/α,β-unsaturated/α-hetero) is 1. The molecule has 0 aromatic heterocycles. The third-order valence-electron chi connectivity index (χ3n) is 3.50. The van der Waals surface area contributed by atoms with Crippen LogP contribution in [0.25, 0.3) is 0 Å². The number of halogens is 2. The molecule has 1 aromatic carbocycles. The van der Waals surface area contributed by atoms with E-state index in [9.17, 15) is 18.4 Å². The molecule has 6 nitrogen and oxygen atoms in total. The molecule has 22 heavy (non-hydrogen) atoms. The van der Waals surface area contributed by atoms with Gasteiger partial charge in [0.1, 0.15) is 17.7 Å². The van der Waals surface area contributed by atoms with Crippen LogP contribution in [0.15, 0.2) is 17.1 Å². The number of ketones is 1. The molecule has 4 N–H and O–H groups in total. The highest BCUT2D eigenvalue weighted by molar-refractivity contribution is 5.97. The van der Waals surface area contributed by atoms with E-state index in [1.165, 1.54) is 4.90 Å². The van der Waals surface area contributed by atoms with Crippen molar-refractivity contribution in [2.24, 2.45) is 16.5 Å². The van der Waals surface area contributed by atoms with E-state index in [1.54, 1.807) is 0 Å². The summed E-state index contributed by atoms with van der Waals surface area (Å²) in [5.74, 6) is -3.15. The lowest BCUT2D eigenvalue weighted by Crippen LogP contribution is -2.38. The Bertz CT molecular complexity index is 656. The van der Waals surface area contributed by atoms with Gasteiger partial charge in [-0.25, -0.2) is 8.78 Å². The number of carbonyl (C=O) groups is 2. The van der Waals surface area contributed by atoms with Gasteiger partial charge in [0, 0.05) is 12.6 Å². The summed E-state index contributed by atoms with van der Waals surface area (Å²) in [6.07, 6.45) is 1.05. The average Bonchev–Trinajstić information content (AvgIpc) is 2.89. The molecule has 1 aromatic rings. The Labute approximate surface area is 125 Å². The lowest BCUT2D eigenvalue weighted by atomic mass is 10.1. The molecule has 2 rings (SSSR count). The summed E-state index contributed by atoms with van der Waals surface area (Å²) in [6.45, 7) is 1.52. The van der Waals surface area contributed by atoms with E-state index in [0.717, 1.165) is 19.1 Å². The van der Waals surface area contributed by atoms with Crippen molar-refractivity contribution in [2.45, 2.75) is 25.8 Å². The van der Waals surface area contributed by atoms with Gasteiger partial charge in [-0.05, 0) is 25.8 Å². The summed E-state index contributed by atoms with van der Waals surface area (Å²) in [7, 11) is 0. The van der Waals surface area contributed by atoms with Crippen molar-refractivity contribution >= 4 is 23.3 Å². The summed E-state index contributed by atoms with van der Waals surface area (Å²) in [5, 5.41) is 0. The largest absolute Gasteiger partial charge is 0.370 e. The maximum atomic E-state index is 14.2. The number of guanidine groups is 1. The van der Waals surface area contributed by atoms with Crippen LogP contribution < -0.4 is 16.4 Å². The fourth-order valence-corrected chi connectivity index (χ4v) is 2.54. The summed E-state index contributed by atoms with van der Waals surface area (Å²) in [6, 6.07) is 1.01. The number of carbonyl (C=O) groups excluding carboxylic acids is 2. The van der Waals surface area contributed by atoms with Gasteiger partial charge < -0.3 is 16.4 Å². The molecule has 118 valence electrons. The maximum Gasteiger partial charge on any atom is 0.271 e. The van der Waals surface area contributed by atoms with Gasteiger partial charge in [0.05, 0.1) is 11.3 Å². The van der Waals surface area contributed by atoms with Gasteiger partial charge in [-0.3, -0.25) is 9.59 Å². The van der Waals surface area contributed by atoms with Gasteiger partial charge >= 0.3 is 0 Å². The van der Waals surface area contributed by atoms with Gasteiger partial charge in [-0.2, -0.15) is 4.99 Å².